The van der Waals surface area contributed by atoms with E-state index in [0.29, 0.717) is 4.90 Å². The summed E-state index contributed by atoms with van der Waals surface area (Å²) in [7, 11) is -1.36. The Morgan fingerprint density at radius 2 is 1.33 bits per heavy atom. The molecule has 0 bridgehead atoms. The number of carbonyl (C=O) groups is 3. The summed E-state index contributed by atoms with van der Waals surface area (Å²) in [5.41, 5.74) is 7.12. The minimum absolute atomic E-state index is 0.0432. The molecule has 0 saturated heterocycles. The molecular formula is C27H29N3O5S. The number of ether oxygens (including phenoxy) is 1. The summed E-state index contributed by atoms with van der Waals surface area (Å²) in [4.78, 5) is 38.3. The molecule has 4 N–H and O–H groups in total. The molecule has 0 aliphatic rings. The molecule has 0 unspecified atom stereocenters. The van der Waals surface area contributed by atoms with Gasteiger partial charge in [0.25, 0.3) is 0 Å². The molecular weight excluding hydrogens is 478 g/mol. The zero-order valence-electron chi connectivity index (χ0n) is 19.7. The van der Waals surface area contributed by atoms with Crippen LogP contribution in [0.2, 0.25) is 0 Å². The lowest BCUT2D eigenvalue weighted by Gasteiger charge is -2.22. The third-order valence-corrected chi connectivity index (χ3v) is 6.77. The predicted molar refractivity (Wildman–Crippen MR) is 137 cm³/mol. The van der Waals surface area contributed by atoms with E-state index >= 15 is 0 Å². The second-order valence-corrected chi connectivity index (χ2v) is 9.63. The molecule has 3 rings (SSSR count). The maximum absolute atomic E-state index is 13.1. The summed E-state index contributed by atoms with van der Waals surface area (Å²) in [5.74, 6) is -1.21. The van der Waals surface area contributed by atoms with Gasteiger partial charge in [0.05, 0.1) is 10.8 Å². The fourth-order valence-electron chi connectivity index (χ4n) is 3.44. The van der Waals surface area contributed by atoms with Crippen LogP contribution in [0.3, 0.4) is 0 Å². The van der Waals surface area contributed by atoms with Crippen molar-refractivity contribution in [1.82, 2.24) is 10.6 Å². The van der Waals surface area contributed by atoms with Crippen molar-refractivity contribution in [1.29, 1.82) is 0 Å². The highest BCUT2D eigenvalue weighted by molar-refractivity contribution is 7.85. The second-order valence-electron chi connectivity index (χ2n) is 8.06. The lowest BCUT2D eigenvalue weighted by Crippen LogP contribution is -2.54. The van der Waals surface area contributed by atoms with Gasteiger partial charge in [0, 0.05) is 17.1 Å². The van der Waals surface area contributed by atoms with Crippen LogP contribution in [0.4, 0.5) is 4.79 Å². The molecule has 8 nitrogen and oxygen atoms in total. The molecule has 0 spiro atoms. The lowest BCUT2D eigenvalue weighted by molar-refractivity contribution is -0.128. The third kappa shape index (κ3) is 8.66. The molecule has 36 heavy (non-hydrogen) atoms. The number of hydrogen-bond acceptors (Lipinski definition) is 5. The largest absolute Gasteiger partial charge is 0.445 e. The number of nitrogens with two attached hydrogens (primary N) is 1. The van der Waals surface area contributed by atoms with Crippen LogP contribution in [0.5, 0.6) is 0 Å². The molecule has 0 radical (unpaired) electrons. The first-order valence-corrected chi connectivity index (χ1v) is 12.8. The monoisotopic (exact) mass is 507 g/mol. The minimum Gasteiger partial charge on any atom is -0.445 e. The van der Waals surface area contributed by atoms with Crippen LogP contribution in [0, 0.1) is 0 Å². The molecule has 0 saturated carbocycles. The van der Waals surface area contributed by atoms with E-state index in [4.69, 9.17) is 10.5 Å². The van der Waals surface area contributed by atoms with Crippen LogP contribution >= 0.6 is 0 Å². The Labute approximate surface area is 212 Å². The van der Waals surface area contributed by atoms with Crippen LogP contribution in [-0.4, -0.2) is 40.0 Å². The van der Waals surface area contributed by atoms with Gasteiger partial charge in [-0.1, -0.05) is 78.9 Å². The summed E-state index contributed by atoms with van der Waals surface area (Å²) < 4.78 is 17.8. The van der Waals surface area contributed by atoms with Gasteiger partial charge in [0.1, 0.15) is 18.7 Å². The summed E-state index contributed by atoms with van der Waals surface area (Å²) in [5, 5.41) is 5.19. The molecule has 3 aromatic rings. The van der Waals surface area contributed by atoms with E-state index in [1.54, 1.807) is 24.3 Å². The van der Waals surface area contributed by atoms with Gasteiger partial charge in [-0.25, -0.2) is 4.79 Å². The van der Waals surface area contributed by atoms with E-state index in [-0.39, 0.29) is 25.2 Å². The quantitative estimate of drug-likeness (QED) is 0.347. The highest BCUT2D eigenvalue weighted by atomic mass is 32.2. The van der Waals surface area contributed by atoms with Crippen LogP contribution < -0.4 is 16.4 Å². The summed E-state index contributed by atoms with van der Waals surface area (Å²) in [6.07, 6.45) is -0.510. The maximum Gasteiger partial charge on any atom is 0.408 e. The van der Waals surface area contributed by atoms with E-state index in [1.807, 2.05) is 66.7 Å². The fraction of sp³-hybridized carbons (Fsp3) is 0.222. The number of amides is 3. The van der Waals surface area contributed by atoms with Crippen LogP contribution in [0.15, 0.2) is 95.9 Å². The first-order valence-electron chi connectivity index (χ1n) is 11.5. The Morgan fingerprint density at radius 1 is 0.778 bits per heavy atom. The average molecular weight is 508 g/mol. The van der Waals surface area contributed by atoms with Crippen molar-refractivity contribution in [3.05, 3.63) is 102 Å². The van der Waals surface area contributed by atoms with Gasteiger partial charge in [-0.15, -0.1) is 0 Å². The number of benzene rings is 3. The first kappa shape index (κ1) is 26.6. The smallest absolute Gasteiger partial charge is 0.408 e. The third-order valence-electron chi connectivity index (χ3n) is 5.36. The van der Waals surface area contributed by atoms with Crippen molar-refractivity contribution in [2.24, 2.45) is 5.73 Å². The molecule has 3 amide bonds. The van der Waals surface area contributed by atoms with Gasteiger partial charge >= 0.3 is 6.09 Å². The summed E-state index contributed by atoms with van der Waals surface area (Å²) >= 11 is 0. The highest BCUT2D eigenvalue weighted by Gasteiger charge is 2.27. The Kier molecular flexibility index (Phi) is 10.2. The van der Waals surface area contributed by atoms with Crippen molar-refractivity contribution in [2.45, 2.75) is 36.4 Å². The summed E-state index contributed by atoms with van der Waals surface area (Å²) in [6.45, 7) is 0.0432. The molecule has 9 heteroatoms. The van der Waals surface area contributed by atoms with Crippen LogP contribution in [-0.2, 0) is 38.2 Å². The van der Waals surface area contributed by atoms with Gasteiger partial charge in [0.15, 0.2) is 0 Å². The van der Waals surface area contributed by atoms with Crippen molar-refractivity contribution >= 4 is 28.7 Å². The number of hydrogen-bond donors (Lipinski definition) is 3. The van der Waals surface area contributed by atoms with Gasteiger partial charge in [-0.3, -0.25) is 13.8 Å². The molecule has 3 atom stereocenters. The van der Waals surface area contributed by atoms with Crippen molar-refractivity contribution in [2.75, 3.05) is 5.75 Å². The number of alkyl carbamates (subject to hydrolysis) is 1. The average Bonchev–Trinajstić information content (AvgIpc) is 2.90. The Morgan fingerprint density at radius 3 is 1.92 bits per heavy atom. The van der Waals surface area contributed by atoms with E-state index in [1.165, 1.54) is 0 Å². The number of primary amides is 1. The molecule has 0 aromatic heterocycles. The number of nitrogens with one attached hydrogen (secondary N) is 2. The maximum atomic E-state index is 13.1. The standard InChI is InChI=1S/C27H29N3O5S/c28-25(31)23(16-17-36(34)22-14-8-3-9-15-22)29-26(32)24(18-20-10-4-1-5-11-20)30-27(33)35-19-21-12-6-2-7-13-21/h1-15,23-24H,16-19H2,(H2,28,31)(H,29,32)(H,30,33)/t23-,24-,36+/m1/s1. The Hall–Kier alpha value is -3.98. The topological polar surface area (TPSA) is 128 Å². The van der Waals surface area contributed by atoms with Gasteiger partial charge in [-0.2, -0.15) is 0 Å². The van der Waals surface area contributed by atoms with Gasteiger partial charge in [-0.05, 0) is 29.7 Å². The molecule has 0 fully saturated rings. The van der Waals surface area contributed by atoms with Crippen LogP contribution in [0.25, 0.3) is 0 Å². The SMILES string of the molecule is NC(=O)[C@@H](CC[S@](=O)c1ccccc1)NC(=O)[C@@H](Cc1ccccc1)NC(=O)OCc1ccccc1. The first-order chi connectivity index (χ1) is 17.4. The van der Waals surface area contributed by atoms with E-state index in [9.17, 15) is 18.6 Å². The zero-order valence-corrected chi connectivity index (χ0v) is 20.5. The van der Waals surface area contributed by atoms with Crippen molar-refractivity contribution in [3.63, 3.8) is 0 Å². The normalized spacial score (nSPS) is 13.1. The minimum atomic E-state index is -1.36. The molecule has 3 aromatic carbocycles. The van der Waals surface area contributed by atoms with Crippen molar-refractivity contribution in [3.8, 4) is 0 Å². The zero-order chi connectivity index (χ0) is 25.8. The van der Waals surface area contributed by atoms with E-state index in [2.05, 4.69) is 10.6 Å². The highest BCUT2D eigenvalue weighted by Crippen LogP contribution is 2.09. The number of rotatable bonds is 12. The van der Waals surface area contributed by atoms with Crippen LogP contribution in [0.1, 0.15) is 17.5 Å². The van der Waals surface area contributed by atoms with Crippen molar-refractivity contribution < 1.29 is 23.3 Å². The van der Waals surface area contributed by atoms with E-state index in [0.717, 1.165) is 11.1 Å². The fourth-order valence-corrected chi connectivity index (χ4v) is 4.59. The number of carbonyl (C=O) groups excluding carboxylic acids is 3. The van der Waals surface area contributed by atoms with Gasteiger partial charge in [0.2, 0.25) is 11.8 Å². The van der Waals surface area contributed by atoms with E-state index < -0.39 is 40.8 Å². The molecule has 188 valence electrons. The Balaban J connectivity index is 1.64. The second kappa shape index (κ2) is 13.8. The molecule has 0 aliphatic carbocycles. The van der Waals surface area contributed by atoms with Gasteiger partial charge < -0.3 is 21.1 Å². The molecule has 0 aliphatic heterocycles. The lowest BCUT2D eigenvalue weighted by atomic mass is 10.0. The Bertz CT molecular complexity index is 1160. The predicted octanol–water partition coefficient (Wildman–Crippen LogP) is 2.69. The summed E-state index contributed by atoms with van der Waals surface area (Å²) in [6, 6.07) is 25.1. The molecule has 0 heterocycles.